The first-order valence-electron chi connectivity index (χ1n) is 4.77. The van der Waals surface area contributed by atoms with Crippen LogP contribution in [0.1, 0.15) is 15.3 Å². The highest BCUT2D eigenvalue weighted by Gasteiger charge is 2.04. The average Bonchev–Trinajstić information content (AvgIpc) is 2.19. The summed E-state index contributed by atoms with van der Waals surface area (Å²) in [7, 11) is 0. The Bertz CT molecular complexity index is 327. The van der Waals surface area contributed by atoms with E-state index in [1.807, 2.05) is 13.8 Å². The van der Waals surface area contributed by atoms with E-state index < -0.39 is 6.09 Å². The predicted molar refractivity (Wildman–Crippen MR) is 58.3 cm³/mol. The lowest BCUT2D eigenvalue weighted by atomic mass is 10.2. The summed E-state index contributed by atoms with van der Waals surface area (Å²) in [6.45, 7) is 4.27. The van der Waals surface area contributed by atoms with Gasteiger partial charge < -0.3 is 4.74 Å². The molecule has 1 aromatic rings. The molecular weight excluding hydrogens is 197 g/mol. The van der Waals surface area contributed by atoms with E-state index in [-0.39, 0.29) is 7.24 Å². The molecule has 15 heavy (non-hydrogen) atoms. The Balaban J connectivity index is 0.00000225. The van der Waals surface area contributed by atoms with Gasteiger partial charge in [0.2, 0.25) is 0 Å². The third-order valence-electron chi connectivity index (χ3n) is 1.64. The summed E-state index contributed by atoms with van der Waals surface area (Å²) >= 11 is 0. The van der Waals surface area contributed by atoms with Crippen LogP contribution in [0.25, 0.3) is 0 Å². The third-order valence-corrected chi connectivity index (χ3v) is 1.64. The number of nitrogens with one attached hydrogen (secondary N) is 1. The van der Waals surface area contributed by atoms with Crippen LogP contribution >= 0.6 is 0 Å². The summed E-state index contributed by atoms with van der Waals surface area (Å²) in [5, 5.41) is 2.50. The maximum absolute atomic E-state index is 12.5. The smallest absolute Gasteiger partial charge is 0.411 e. The van der Waals surface area contributed by atoms with Crippen molar-refractivity contribution in [3.8, 4) is 0 Å². The number of ether oxygens (including phenoxy) is 1. The van der Waals surface area contributed by atoms with E-state index in [0.717, 1.165) is 0 Å². The number of rotatable bonds is 3. The highest BCUT2D eigenvalue weighted by molar-refractivity contribution is 5.84. The molecule has 0 aromatic heterocycles. The van der Waals surface area contributed by atoms with Crippen molar-refractivity contribution in [2.24, 2.45) is 5.92 Å². The summed E-state index contributed by atoms with van der Waals surface area (Å²) in [5.74, 6) is -0.0416. The number of hydrogen-bond donors (Lipinski definition) is 1. The van der Waals surface area contributed by atoms with E-state index in [9.17, 15) is 9.18 Å². The van der Waals surface area contributed by atoms with Gasteiger partial charge in [0.15, 0.2) is 0 Å². The number of halogens is 1. The fourth-order valence-electron chi connectivity index (χ4n) is 0.930. The number of carbonyl (C=O) groups is 1. The SMILES string of the molecule is CC(C)COC(=O)Nc1ccc(F)cc1.[HH]. The normalized spacial score (nSPS) is 10.1. The highest BCUT2D eigenvalue weighted by atomic mass is 19.1. The van der Waals surface area contributed by atoms with Crippen LogP contribution in [-0.2, 0) is 4.74 Å². The van der Waals surface area contributed by atoms with Gasteiger partial charge in [0, 0.05) is 7.11 Å². The van der Waals surface area contributed by atoms with E-state index in [0.29, 0.717) is 18.2 Å². The van der Waals surface area contributed by atoms with Gasteiger partial charge in [0.25, 0.3) is 0 Å². The summed E-state index contributed by atoms with van der Waals surface area (Å²) < 4.78 is 17.4. The molecule has 1 N–H and O–H groups in total. The Morgan fingerprint density at radius 1 is 1.47 bits per heavy atom. The van der Waals surface area contributed by atoms with Crippen molar-refractivity contribution in [3.05, 3.63) is 30.1 Å². The van der Waals surface area contributed by atoms with E-state index in [2.05, 4.69) is 5.32 Å². The van der Waals surface area contributed by atoms with Crippen LogP contribution in [-0.4, -0.2) is 12.7 Å². The molecule has 1 amide bonds. The van der Waals surface area contributed by atoms with Crippen LogP contribution in [0.4, 0.5) is 14.9 Å². The number of benzene rings is 1. The largest absolute Gasteiger partial charge is 0.449 e. The van der Waals surface area contributed by atoms with Gasteiger partial charge in [0.05, 0.1) is 6.61 Å². The van der Waals surface area contributed by atoms with Crippen LogP contribution in [0.5, 0.6) is 0 Å². The van der Waals surface area contributed by atoms with Gasteiger partial charge in [-0.15, -0.1) is 0 Å². The first-order chi connectivity index (χ1) is 7.08. The van der Waals surface area contributed by atoms with Crippen LogP contribution < -0.4 is 5.32 Å². The number of amides is 1. The fourth-order valence-corrected chi connectivity index (χ4v) is 0.930. The van der Waals surface area contributed by atoms with Gasteiger partial charge in [-0.3, -0.25) is 5.32 Å². The zero-order valence-corrected chi connectivity index (χ0v) is 8.79. The van der Waals surface area contributed by atoms with Gasteiger partial charge >= 0.3 is 6.09 Å². The van der Waals surface area contributed by atoms with Gasteiger partial charge in [-0.05, 0) is 30.2 Å². The number of anilines is 1. The monoisotopic (exact) mass is 213 g/mol. The minimum atomic E-state index is -0.518. The van der Waals surface area contributed by atoms with Crippen LogP contribution in [0, 0.1) is 11.7 Å². The van der Waals surface area contributed by atoms with Crippen molar-refractivity contribution in [2.45, 2.75) is 13.8 Å². The molecule has 0 unspecified atom stereocenters. The van der Waals surface area contributed by atoms with Crippen molar-refractivity contribution in [2.75, 3.05) is 11.9 Å². The second kappa shape index (κ2) is 5.34. The topological polar surface area (TPSA) is 38.3 Å². The van der Waals surface area contributed by atoms with Crippen molar-refractivity contribution in [1.82, 2.24) is 0 Å². The Kier molecular flexibility index (Phi) is 4.09. The Labute approximate surface area is 89.7 Å². The van der Waals surface area contributed by atoms with Crippen LogP contribution in [0.2, 0.25) is 0 Å². The van der Waals surface area contributed by atoms with Crippen molar-refractivity contribution in [3.63, 3.8) is 0 Å². The lowest BCUT2D eigenvalue weighted by molar-refractivity contribution is 0.147. The third kappa shape index (κ3) is 4.44. The maximum atomic E-state index is 12.5. The second-order valence-electron chi connectivity index (χ2n) is 3.62. The molecule has 0 saturated carbocycles. The predicted octanol–water partition coefficient (Wildman–Crippen LogP) is 3.28. The maximum Gasteiger partial charge on any atom is 0.411 e. The summed E-state index contributed by atoms with van der Waals surface area (Å²) in [6.07, 6.45) is -0.518. The molecule has 0 fully saturated rings. The Hall–Kier alpha value is -1.58. The van der Waals surface area contributed by atoms with E-state index >= 15 is 0 Å². The lowest BCUT2D eigenvalue weighted by Crippen LogP contribution is -2.16. The minimum absolute atomic E-state index is 0. The number of carbonyl (C=O) groups excluding carboxylic acids is 1. The molecule has 4 heteroatoms. The molecular formula is C11H16FNO2. The highest BCUT2D eigenvalue weighted by Crippen LogP contribution is 2.08. The number of hydrogen-bond acceptors (Lipinski definition) is 2. The molecule has 0 atom stereocenters. The average molecular weight is 213 g/mol. The van der Waals surface area contributed by atoms with E-state index in [4.69, 9.17) is 4.74 Å². The molecule has 1 rings (SSSR count). The Morgan fingerprint density at radius 2 is 2.07 bits per heavy atom. The first kappa shape index (κ1) is 11.5. The molecule has 0 aliphatic rings. The minimum Gasteiger partial charge on any atom is -0.449 e. The molecule has 0 aliphatic heterocycles. The van der Waals surface area contributed by atoms with Crippen molar-refractivity contribution < 1.29 is 15.3 Å². The van der Waals surface area contributed by atoms with Gasteiger partial charge in [0.1, 0.15) is 5.82 Å². The van der Waals surface area contributed by atoms with E-state index in [1.54, 1.807) is 0 Å². The summed E-state index contributed by atoms with van der Waals surface area (Å²) in [5.41, 5.74) is 0.519. The molecule has 1 aromatic carbocycles. The first-order valence-corrected chi connectivity index (χ1v) is 4.77. The molecule has 0 bridgehead atoms. The zero-order valence-electron chi connectivity index (χ0n) is 8.79. The summed E-state index contributed by atoms with van der Waals surface area (Å²) in [6, 6.07) is 5.51. The Morgan fingerprint density at radius 3 is 2.60 bits per heavy atom. The fraction of sp³-hybridized carbons (Fsp3) is 0.364. The molecule has 84 valence electrons. The molecule has 0 spiro atoms. The quantitative estimate of drug-likeness (QED) is 0.836. The van der Waals surface area contributed by atoms with Crippen LogP contribution in [0.15, 0.2) is 24.3 Å². The molecule has 0 saturated heterocycles. The molecule has 0 radical (unpaired) electrons. The van der Waals surface area contributed by atoms with Crippen molar-refractivity contribution in [1.29, 1.82) is 0 Å². The van der Waals surface area contributed by atoms with Crippen molar-refractivity contribution >= 4 is 11.8 Å². The zero-order chi connectivity index (χ0) is 11.3. The molecule has 0 aliphatic carbocycles. The van der Waals surface area contributed by atoms with Crippen LogP contribution in [0.3, 0.4) is 0 Å². The molecule has 0 heterocycles. The molecule has 3 nitrogen and oxygen atoms in total. The van der Waals surface area contributed by atoms with Gasteiger partial charge in [-0.1, -0.05) is 13.8 Å². The van der Waals surface area contributed by atoms with Gasteiger partial charge in [-0.25, -0.2) is 9.18 Å². The standard InChI is InChI=1S/C11H14FNO2.H2/c1-8(2)7-15-11(14)13-10-5-3-9(12)4-6-10;/h3-6,8H,7H2,1-2H3,(H,13,14);1H. The van der Waals surface area contributed by atoms with E-state index in [1.165, 1.54) is 24.3 Å². The lowest BCUT2D eigenvalue weighted by Gasteiger charge is -2.08. The van der Waals surface area contributed by atoms with Gasteiger partial charge in [-0.2, -0.15) is 0 Å². The second-order valence-corrected chi connectivity index (χ2v) is 3.62. The summed E-state index contributed by atoms with van der Waals surface area (Å²) in [4.78, 5) is 11.2.